The maximum atomic E-state index is 11.8. The average molecular weight is 258 g/mol. The van der Waals surface area contributed by atoms with E-state index < -0.39 is 0 Å². The van der Waals surface area contributed by atoms with Gasteiger partial charge in [0.2, 0.25) is 11.9 Å². The number of nitrogens with one attached hydrogen (secondary N) is 2. The zero-order valence-electron chi connectivity index (χ0n) is 10.9. The lowest BCUT2D eigenvalue weighted by molar-refractivity contribution is -0.116. The number of H-pyrrole nitrogens is 1. The zero-order chi connectivity index (χ0) is 13.7. The maximum Gasteiger partial charge on any atom is 0.228 e. The van der Waals surface area contributed by atoms with Crippen LogP contribution < -0.4 is 11.1 Å². The molecule has 1 amide bonds. The Balaban J connectivity index is 1.82. The summed E-state index contributed by atoms with van der Waals surface area (Å²) in [7, 11) is 0. The molecule has 0 bridgehead atoms. The summed E-state index contributed by atoms with van der Waals surface area (Å²) < 4.78 is 0. The van der Waals surface area contributed by atoms with Gasteiger partial charge in [0.15, 0.2) is 0 Å². The molecule has 0 aliphatic rings. The van der Waals surface area contributed by atoms with Crippen LogP contribution in [0.2, 0.25) is 0 Å². The molecular weight excluding hydrogens is 240 g/mol. The van der Waals surface area contributed by atoms with Gasteiger partial charge in [-0.3, -0.25) is 10.1 Å². The predicted octanol–water partition coefficient (Wildman–Crippen LogP) is 1.62. The minimum atomic E-state index is -0.196. The highest BCUT2D eigenvalue weighted by Crippen LogP contribution is 2.06. The smallest absolute Gasteiger partial charge is 0.228 e. The summed E-state index contributed by atoms with van der Waals surface area (Å²) >= 11 is 0. The van der Waals surface area contributed by atoms with Crippen LogP contribution in [0, 0.1) is 6.92 Å². The minimum Gasteiger partial charge on any atom is -0.328 e. The number of aromatic nitrogens is 2. The van der Waals surface area contributed by atoms with Crippen molar-refractivity contribution in [2.75, 3.05) is 5.32 Å². The molecule has 1 atom stereocenters. The van der Waals surface area contributed by atoms with Gasteiger partial charge in [-0.2, -0.15) is 0 Å². The molecule has 0 fully saturated rings. The first kappa shape index (κ1) is 13.3. The van der Waals surface area contributed by atoms with E-state index in [1.807, 2.05) is 37.3 Å². The number of aryl methyl sites for hydroxylation is 1. The molecule has 5 nitrogen and oxygen atoms in total. The largest absolute Gasteiger partial charge is 0.328 e. The minimum absolute atomic E-state index is 0.127. The van der Waals surface area contributed by atoms with Crippen molar-refractivity contribution in [3.05, 3.63) is 47.8 Å². The zero-order valence-corrected chi connectivity index (χ0v) is 10.9. The van der Waals surface area contributed by atoms with E-state index in [2.05, 4.69) is 15.3 Å². The van der Waals surface area contributed by atoms with Crippen LogP contribution in [0.3, 0.4) is 0 Å². The molecule has 1 heterocycles. The van der Waals surface area contributed by atoms with Crippen molar-refractivity contribution in [2.45, 2.75) is 25.8 Å². The molecule has 1 aromatic heterocycles. The van der Waals surface area contributed by atoms with Crippen molar-refractivity contribution in [3.8, 4) is 0 Å². The second kappa shape index (κ2) is 6.15. The van der Waals surface area contributed by atoms with Crippen LogP contribution in [0.25, 0.3) is 0 Å². The van der Waals surface area contributed by atoms with Crippen LogP contribution in [0.15, 0.2) is 36.5 Å². The summed E-state index contributed by atoms with van der Waals surface area (Å²) in [5.74, 6) is 0.340. The second-order valence-electron chi connectivity index (χ2n) is 4.62. The monoisotopic (exact) mass is 258 g/mol. The molecule has 0 saturated carbocycles. The Bertz CT molecular complexity index is 535. The Morgan fingerprint density at radius 2 is 2.16 bits per heavy atom. The van der Waals surface area contributed by atoms with Crippen molar-refractivity contribution in [1.29, 1.82) is 0 Å². The third-order valence-corrected chi connectivity index (χ3v) is 2.75. The third-order valence-electron chi connectivity index (χ3n) is 2.75. The number of hydrogen-bond acceptors (Lipinski definition) is 3. The summed E-state index contributed by atoms with van der Waals surface area (Å²) in [6.45, 7) is 1.88. The van der Waals surface area contributed by atoms with Crippen LogP contribution in [0.1, 0.15) is 17.7 Å². The molecule has 2 aromatic rings. The summed E-state index contributed by atoms with van der Waals surface area (Å²) in [5, 5.41) is 2.69. The van der Waals surface area contributed by atoms with E-state index in [0.29, 0.717) is 12.4 Å². The van der Waals surface area contributed by atoms with Crippen LogP contribution in [0.4, 0.5) is 5.95 Å². The van der Waals surface area contributed by atoms with Gasteiger partial charge in [0.1, 0.15) is 0 Å². The highest BCUT2D eigenvalue weighted by molar-refractivity contribution is 5.89. The molecule has 100 valence electrons. The van der Waals surface area contributed by atoms with Crippen LogP contribution in [0.5, 0.6) is 0 Å². The fourth-order valence-electron chi connectivity index (χ4n) is 1.89. The number of carbonyl (C=O) groups excluding carboxylic acids is 1. The lowest BCUT2D eigenvalue weighted by atomic mass is 10.0. The molecule has 1 aromatic carbocycles. The number of rotatable bonds is 5. The fourth-order valence-corrected chi connectivity index (χ4v) is 1.89. The lowest BCUT2D eigenvalue weighted by Crippen LogP contribution is -2.29. The molecule has 0 aliphatic carbocycles. The van der Waals surface area contributed by atoms with Gasteiger partial charge >= 0.3 is 0 Å². The van der Waals surface area contributed by atoms with E-state index in [-0.39, 0.29) is 18.4 Å². The highest BCUT2D eigenvalue weighted by Gasteiger charge is 2.11. The van der Waals surface area contributed by atoms with Crippen LogP contribution in [-0.4, -0.2) is 21.9 Å². The Morgan fingerprint density at radius 1 is 1.42 bits per heavy atom. The van der Waals surface area contributed by atoms with E-state index >= 15 is 0 Å². The first-order valence-electron chi connectivity index (χ1n) is 6.24. The molecule has 0 aliphatic heterocycles. The van der Waals surface area contributed by atoms with Crippen LogP contribution >= 0.6 is 0 Å². The maximum absolute atomic E-state index is 11.8. The standard InChI is InChI=1S/C14H18N4O/c1-10-9-16-14(17-10)18-13(19)8-12(15)7-11-5-3-2-4-6-11/h2-6,9,12H,7-8,15H2,1H3,(H2,16,17,18,19)/t12-/m0/s1. The Labute approximate surface area is 112 Å². The van der Waals surface area contributed by atoms with E-state index in [9.17, 15) is 4.79 Å². The summed E-state index contributed by atoms with van der Waals surface area (Å²) in [6.07, 6.45) is 2.62. The normalized spacial score (nSPS) is 12.1. The molecule has 19 heavy (non-hydrogen) atoms. The van der Waals surface area contributed by atoms with Gasteiger partial charge in [0.25, 0.3) is 0 Å². The molecule has 5 heteroatoms. The van der Waals surface area contributed by atoms with Crippen molar-refractivity contribution in [1.82, 2.24) is 9.97 Å². The number of hydrogen-bond donors (Lipinski definition) is 3. The molecule has 0 saturated heterocycles. The number of amides is 1. The second-order valence-corrected chi connectivity index (χ2v) is 4.62. The van der Waals surface area contributed by atoms with Gasteiger partial charge in [-0.1, -0.05) is 30.3 Å². The van der Waals surface area contributed by atoms with E-state index in [0.717, 1.165) is 11.3 Å². The third kappa shape index (κ3) is 4.22. The molecule has 0 spiro atoms. The lowest BCUT2D eigenvalue weighted by Gasteiger charge is -2.10. The van der Waals surface area contributed by atoms with Gasteiger partial charge in [0.05, 0.1) is 0 Å². The van der Waals surface area contributed by atoms with Crippen molar-refractivity contribution < 1.29 is 4.79 Å². The molecule has 0 unspecified atom stereocenters. The topological polar surface area (TPSA) is 83.8 Å². The SMILES string of the molecule is Cc1cnc(NC(=O)C[C@@H](N)Cc2ccccc2)[nH]1. The van der Waals surface area contributed by atoms with Crippen molar-refractivity contribution in [3.63, 3.8) is 0 Å². The van der Waals surface area contributed by atoms with Crippen molar-refractivity contribution >= 4 is 11.9 Å². The molecule has 0 radical (unpaired) electrons. The molecular formula is C14H18N4O. The van der Waals surface area contributed by atoms with E-state index in [1.54, 1.807) is 6.20 Å². The summed E-state index contributed by atoms with van der Waals surface area (Å²) in [5.41, 5.74) is 8.02. The number of nitrogens with zero attached hydrogens (tertiary/aromatic N) is 1. The number of nitrogens with two attached hydrogens (primary N) is 1. The highest BCUT2D eigenvalue weighted by atomic mass is 16.1. The molecule has 2 rings (SSSR count). The number of anilines is 1. The number of benzene rings is 1. The van der Waals surface area contributed by atoms with Crippen molar-refractivity contribution in [2.24, 2.45) is 5.73 Å². The average Bonchev–Trinajstić information content (AvgIpc) is 2.75. The van der Waals surface area contributed by atoms with E-state index in [4.69, 9.17) is 5.73 Å². The van der Waals surface area contributed by atoms with Gasteiger partial charge in [-0.05, 0) is 18.9 Å². The number of imidazole rings is 1. The number of aromatic amines is 1. The first-order chi connectivity index (χ1) is 9.13. The summed E-state index contributed by atoms with van der Waals surface area (Å²) in [4.78, 5) is 18.7. The Kier molecular flexibility index (Phi) is 4.30. The summed E-state index contributed by atoms with van der Waals surface area (Å²) in [6, 6.07) is 9.71. The first-order valence-corrected chi connectivity index (χ1v) is 6.24. The van der Waals surface area contributed by atoms with Crippen LogP contribution in [-0.2, 0) is 11.2 Å². The van der Waals surface area contributed by atoms with Gasteiger partial charge in [-0.25, -0.2) is 4.98 Å². The Hall–Kier alpha value is -2.14. The van der Waals surface area contributed by atoms with Gasteiger partial charge < -0.3 is 10.7 Å². The quantitative estimate of drug-likeness (QED) is 0.762. The molecule has 4 N–H and O–H groups in total. The van der Waals surface area contributed by atoms with Gasteiger partial charge in [-0.15, -0.1) is 0 Å². The fraction of sp³-hybridized carbons (Fsp3) is 0.286. The van der Waals surface area contributed by atoms with Gasteiger partial charge in [0, 0.05) is 24.4 Å². The Morgan fingerprint density at radius 3 is 2.79 bits per heavy atom. The number of carbonyl (C=O) groups is 1. The van der Waals surface area contributed by atoms with E-state index in [1.165, 1.54) is 0 Å². The predicted molar refractivity (Wildman–Crippen MR) is 74.7 cm³/mol.